The minimum atomic E-state index is -0.150. The second-order valence-electron chi connectivity index (χ2n) is 12.0. The number of carbonyl (C=O) groups is 1. The zero-order valence-corrected chi connectivity index (χ0v) is 28.3. The van der Waals surface area contributed by atoms with Gasteiger partial charge in [-0.1, -0.05) is 36.7 Å². The Balaban J connectivity index is 1.37. The van der Waals surface area contributed by atoms with Crippen molar-refractivity contribution in [1.29, 1.82) is 0 Å². The number of fused-ring (bicyclic) bond motifs is 1. The lowest BCUT2D eigenvalue weighted by atomic mass is 10.1. The highest BCUT2D eigenvalue weighted by molar-refractivity contribution is 6.30. The molecule has 4 aromatic rings. The number of ether oxygens (including phenoxy) is 2. The SMILES string of the molecule is CCCN(CCNCc1nc2ccccc2c(=O)n1-c1cc(CN2CCNCC2)ccc1OC(C)C)C(=O)COc1ccc(Cl)cc1. The molecular formula is C36H45ClN6O4. The molecule has 2 N–H and O–H groups in total. The average molecular weight is 661 g/mol. The predicted molar refractivity (Wildman–Crippen MR) is 187 cm³/mol. The van der Waals surface area contributed by atoms with E-state index in [1.165, 1.54) is 0 Å². The highest BCUT2D eigenvalue weighted by Crippen LogP contribution is 2.27. The van der Waals surface area contributed by atoms with E-state index in [9.17, 15) is 9.59 Å². The lowest BCUT2D eigenvalue weighted by Crippen LogP contribution is -2.42. The summed E-state index contributed by atoms with van der Waals surface area (Å²) in [5, 5.41) is 8.00. The number of para-hydroxylation sites is 1. The Morgan fingerprint density at radius 2 is 1.83 bits per heavy atom. The van der Waals surface area contributed by atoms with Crippen LogP contribution in [-0.4, -0.2) is 83.8 Å². The van der Waals surface area contributed by atoms with Crippen LogP contribution in [0.15, 0.2) is 71.5 Å². The summed E-state index contributed by atoms with van der Waals surface area (Å²) in [6.45, 7) is 12.5. The maximum Gasteiger partial charge on any atom is 0.266 e. The van der Waals surface area contributed by atoms with E-state index < -0.39 is 0 Å². The van der Waals surface area contributed by atoms with Crippen LogP contribution in [0.1, 0.15) is 38.6 Å². The van der Waals surface area contributed by atoms with E-state index in [4.69, 9.17) is 26.1 Å². The molecule has 1 saturated heterocycles. The van der Waals surface area contributed by atoms with Crippen LogP contribution in [0.2, 0.25) is 5.02 Å². The molecular weight excluding hydrogens is 616 g/mol. The minimum Gasteiger partial charge on any atom is -0.489 e. The molecule has 10 nitrogen and oxygen atoms in total. The molecule has 5 rings (SSSR count). The first kappa shape index (κ1) is 34.4. The molecule has 250 valence electrons. The largest absolute Gasteiger partial charge is 0.489 e. The number of nitrogens with one attached hydrogen (secondary N) is 2. The van der Waals surface area contributed by atoms with E-state index in [2.05, 4.69) is 27.7 Å². The predicted octanol–water partition coefficient (Wildman–Crippen LogP) is 4.64. The van der Waals surface area contributed by atoms with Crippen LogP contribution >= 0.6 is 11.6 Å². The summed E-state index contributed by atoms with van der Waals surface area (Å²) < 4.78 is 13.6. The molecule has 0 saturated carbocycles. The molecule has 3 aromatic carbocycles. The highest BCUT2D eigenvalue weighted by Gasteiger charge is 2.20. The Hall–Kier alpha value is -3.96. The first-order valence-electron chi connectivity index (χ1n) is 16.4. The van der Waals surface area contributed by atoms with Gasteiger partial charge in [-0.2, -0.15) is 0 Å². The number of rotatable bonds is 15. The van der Waals surface area contributed by atoms with Crippen LogP contribution in [0.25, 0.3) is 16.6 Å². The van der Waals surface area contributed by atoms with Gasteiger partial charge in [-0.3, -0.25) is 19.1 Å². The quantitative estimate of drug-likeness (QED) is 0.178. The summed E-state index contributed by atoms with van der Waals surface area (Å²) in [6, 6.07) is 20.5. The molecule has 0 radical (unpaired) electrons. The van der Waals surface area contributed by atoms with E-state index in [1.54, 1.807) is 33.7 Å². The molecule has 1 aliphatic heterocycles. The number of hydrogen-bond donors (Lipinski definition) is 2. The maximum absolute atomic E-state index is 14.2. The van der Waals surface area contributed by atoms with Crippen LogP contribution < -0.4 is 25.7 Å². The van der Waals surface area contributed by atoms with Gasteiger partial charge in [-0.25, -0.2) is 4.98 Å². The fourth-order valence-corrected chi connectivity index (χ4v) is 5.80. The van der Waals surface area contributed by atoms with E-state index in [-0.39, 0.29) is 24.2 Å². The molecule has 0 unspecified atom stereocenters. The standard InChI is InChI=1S/C36H45ClN6O4/c1-4-18-42(35(44)25-46-29-12-10-28(37)11-13-29)21-17-39-23-34-40-31-8-6-5-7-30(31)36(45)43(34)32-22-27(9-14-33(32)47-26(2)3)24-41-19-15-38-16-20-41/h5-14,22,26,38-39H,4,15-21,23-25H2,1-3H3. The summed E-state index contributed by atoms with van der Waals surface area (Å²) in [7, 11) is 0. The Morgan fingerprint density at radius 1 is 1.06 bits per heavy atom. The smallest absolute Gasteiger partial charge is 0.266 e. The van der Waals surface area contributed by atoms with Crippen LogP contribution in [0.4, 0.5) is 0 Å². The third-order valence-electron chi connectivity index (χ3n) is 7.95. The minimum absolute atomic E-state index is 0.0592. The molecule has 0 aliphatic carbocycles. The normalized spacial score (nSPS) is 13.6. The lowest BCUT2D eigenvalue weighted by molar-refractivity contribution is -0.133. The molecule has 2 heterocycles. The van der Waals surface area contributed by atoms with E-state index in [0.29, 0.717) is 65.1 Å². The van der Waals surface area contributed by atoms with Crippen LogP contribution in [0.3, 0.4) is 0 Å². The molecule has 0 spiro atoms. The van der Waals surface area contributed by atoms with E-state index >= 15 is 0 Å². The number of piperazine rings is 1. The fourth-order valence-electron chi connectivity index (χ4n) is 5.68. The fraction of sp³-hybridized carbons (Fsp3) is 0.417. The number of aromatic nitrogens is 2. The number of hydrogen-bond acceptors (Lipinski definition) is 8. The zero-order chi connectivity index (χ0) is 33.2. The Labute approximate surface area is 281 Å². The average Bonchev–Trinajstić information content (AvgIpc) is 3.07. The zero-order valence-electron chi connectivity index (χ0n) is 27.5. The Morgan fingerprint density at radius 3 is 2.57 bits per heavy atom. The van der Waals surface area contributed by atoms with Gasteiger partial charge < -0.3 is 25.0 Å². The topological polar surface area (TPSA) is 101 Å². The van der Waals surface area contributed by atoms with Gasteiger partial charge in [0.05, 0.1) is 29.2 Å². The van der Waals surface area contributed by atoms with Gasteiger partial charge in [0.15, 0.2) is 6.61 Å². The molecule has 1 amide bonds. The van der Waals surface area contributed by atoms with Gasteiger partial charge >= 0.3 is 0 Å². The second kappa shape index (κ2) is 16.7. The molecule has 0 bridgehead atoms. The first-order valence-corrected chi connectivity index (χ1v) is 16.8. The van der Waals surface area contributed by atoms with Crippen molar-refractivity contribution in [2.45, 2.75) is 46.4 Å². The van der Waals surface area contributed by atoms with Crippen molar-refractivity contribution in [3.05, 3.63) is 93.5 Å². The summed E-state index contributed by atoms with van der Waals surface area (Å²) in [4.78, 5) is 36.3. The van der Waals surface area contributed by atoms with E-state index in [1.807, 2.05) is 51.1 Å². The molecule has 1 fully saturated rings. The molecule has 1 aromatic heterocycles. The number of carbonyl (C=O) groups excluding carboxylic acids is 1. The van der Waals surface area contributed by atoms with Gasteiger partial charge in [0.25, 0.3) is 11.5 Å². The first-order chi connectivity index (χ1) is 22.8. The van der Waals surface area contributed by atoms with Crippen LogP contribution in [0, 0.1) is 0 Å². The van der Waals surface area contributed by atoms with Gasteiger partial charge in [-0.15, -0.1) is 0 Å². The lowest BCUT2D eigenvalue weighted by Gasteiger charge is -2.27. The Bertz CT molecular complexity index is 1690. The number of halogens is 1. The monoisotopic (exact) mass is 660 g/mol. The molecule has 47 heavy (non-hydrogen) atoms. The van der Waals surface area contributed by atoms with Crippen molar-refractivity contribution in [2.75, 3.05) is 52.4 Å². The van der Waals surface area contributed by atoms with Crippen LogP contribution in [0.5, 0.6) is 11.5 Å². The maximum atomic E-state index is 14.2. The third kappa shape index (κ3) is 9.32. The summed E-state index contributed by atoms with van der Waals surface area (Å²) >= 11 is 5.96. The summed E-state index contributed by atoms with van der Waals surface area (Å²) in [5.41, 5.74) is 2.26. The second-order valence-corrected chi connectivity index (χ2v) is 12.4. The third-order valence-corrected chi connectivity index (χ3v) is 8.20. The van der Waals surface area contributed by atoms with Gasteiger partial charge in [0.2, 0.25) is 0 Å². The van der Waals surface area contributed by atoms with Crippen molar-refractivity contribution in [2.24, 2.45) is 0 Å². The van der Waals surface area contributed by atoms with Crippen molar-refractivity contribution < 1.29 is 14.3 Å². The van der Waals surface area contributed by atoms with Crippen molar-refractivity contribution in [3.63, 3.8) is 0 Å². The van der Waals surface area contributed by atoms with Crippen molar-refractivity contribution in [3.8, 4) is 17.2 Å². The van der Waals surface area contributed by atoms with Gasteiger partial charge in [-0.05, 0) is 74.4 Å². The summed E-state index contributed by atoms with van der Waals surface area (Å²) in [5.74, 6) is 1.70. The summed E-state index contributed by atoms with van der Waals surface area (Å²) in [6.07, 6.45) is 0.741. The van der Waals surface area contributed by atoms with Gasteiger partial charge in [0.1, 0.15) is 17.3 Å². The highest BCUT2D eigenvalue weighted by atomic mass is 35.5. The van der Waals surface area contributed by atoms with Crippen LogP contribution in [-0.2, 0) is 17.9 Å². The number of amides is 1. The molecule has 0 atom stereocenters. The van der Waals surface area contributed by atoms with Gasteiger partial charge in [0, 0.05) is 57.4 Å². The van der Waals surface area contributed by atoms with Crippen molar-refractivity contribution in [1.82, 2.24) is 30.0 Å². The molecule has 11 heteroatoms. The molecule has 1 aliphatic rings. The van der Waals surface area contributed by atoms with E-state index in [0.717, 1.165) is 44.7 Å². The van der Waals surface area contributed by atoms with Crippen molar-refractivity contribution >= 4 is 28.4 Å². The Kier molecular flexibility index (Phi) is 12.2. The number of benzene rings is 3. The number of nitrogens with zero attached hydrogens (tertiary/aromatic N) is 4.